The second kappa shape index (κ2) is 6.43. The van der Waals surface area contributed by atoms with Crippen LogP contribution in [0, 0.1) is 5.92 Å². The smallest absolute Gasteiger partial charge is 0.319 e. The van der Waals surface area contributed by atoms with E-state index in [1.165, 1.54) is 20.0 Å². The number of methoxy groups -OCH3 is 1. The van der Waals surface area contributed by atoms with E-state index in [1.54, 1.807) is 0 Å². The predicted molar refractivity (Wildman–Crippen MR) is 87.9 cm³/mol. The molecule has 0 bridgehead atoms. The van der Waals surface area contributed by atoms with E-state index in [1.807, 2.05) is 6.92 Å². The molecule has 1 aromatic heterocycles. The quantitative estimate of drug-likeness (QED) is 0.796. The summed E-state index contributed by atoms with van der Waals surface area (Å²) in [5.74, 6) is 1.97. The summed E-state index contributed by atoms with van der Waals surface area (Å²) in [6.07, 6.45) is 8.41. The minimum Gasteiger partial charge on any atom is -0.468 e. The van der Waals surface area contributed by atoms with E-state index in [-0.39, 0.29) is 5.97 Å². The van der Waals surface area contributed by atoms with Crippen molar-refractivity contribution in [1.82, 2.24) is 19.7 Å². The van der Waals surface area contributed by atoms with Crippen LogP contribution in [0.3, 0.4) is 0 Å². The first-order valence-corrected chi connectivity index (χ1v) is 8.43. The van der Waals surface area contributed by atoms with Crippen molar-refractivity contribution in [1.29, 1.82) is 0 Å². The lowest BCUT2D eigenvalue weighted by atomic mass is 9.82. The fourth-order valence-electron chi connectivity index (χ4n) is 3.63. The van der Waals surface area contributed by atoms with Crippen molar-refractivity contribution in [3.05, 3.63) is 17.7 Å². The Morgan fingerprint density at radius 1 is 1.30 bits per heavy atom. The molecule has 1 saturated heterocycles. The normalized spacial score (nSPS) is 26.4. The Morgan fingerprint density at radius 3 is 2.74 bits per heavy atom. The van der Waals surface area contributed by atoms with Crippen LogP contribution in [-0.2, 0) is 21.5 Å². The van der Waals surface area contributed by atoms with E-state index < -0.39 is 5.41 Å². The molecule has 2 aliphatic rings. The lowest BCUT2D eigenvalue weighted by Gasteiger charge is -2.30. The molecule has 1 aromatic rings. The summed E-state index contributed by atoms with van der Waals surface area (Å²) < 4.78 is 7.06. The molecular weight excluding hydrogens is 292 g/mol. The van der Waals surface area contributed by atoms with Crippen molar-refractivity contribution in [3.63, 3.8) is 0 Å². The Hall–Kier alpha value is -1.69. The Kier molecular flexibility index (Phi) is 4.53. The van der Waals surface area contributed by atoms with E-state index in [0.29, 0.717) is 5.92 Å². The SMILES string of the molecule is COC(=O)C1(C)CCCn2c(/C=C/C3CCN(C)CC3)nnc21. The minimum absolute atomic E-state index is 0.225. The summed E-state index contributed by atoms with van der Waals surface area (Å²) in [6.45, 7) is 5.06. The fourth-order valence-corrected chi connectivity index (χ4v) is 3.63. The van der Waals surface area contributed by atoms with Crippen molar-refractivity contribution in [2.24, 2.45) is 5.92 Å². The molecule has 0 radical (unpaired) electrons. The van der Waals surface area contributed by atoms with Crippen LogP contribution in [0.25, 0.3) is 6.08 Å². The number of rotatable bonds is 3. The number of hydrogen-bond acceptors (Lipinski definition) is 5. The maximum atomic E-state index is 12.2. The number of piperidine rings is 1. The lowest BCUT2D eigenvalue weighted by Crippen LogP contribution is -2.40. The van der Waals surface area contributed by atoms with Gasteiger partial charge in [-0.2, -0.15) is 0 Å². The number of carbonyl (C=O) groups excluding carboxylic acids is 1. The highest BCUT2D eigenvalue weighted by atomic mass is 16.5. The first-order valence-electron chi connectivity index (χ1n) is 8.43. The van der Waals surface area contributed by atoms with Gasteiger partial charge in [0.05, 0.1) is 7.11 Å². The predicted octanol–water partition coefficient (Wildman–Crippen LogP) is 1.86. The van der Waals surface area contributed by atoms with Gasteiger partial charge in [-0.3, -0.25) is 4.79 Å². The summed E-state index contributed by atoms with van der Waals surface area (Å²) in [6, 6.07) is 0. The maximum absolute atomic E-state index is 12.2. The Bertz CT molecular complexity index is 602. The van der Waals surface area contributed by atoms with Crippen molar-refractivity contribution < 1.29 is 9.53 Å². The van der Waals surface area contributed by atoms with E-state index >= 15 is 0 Å². The molecule has 0 aliphatic carbocycles. The fraction of sp³-hybridized carbons (Fsp3) is 0.706. The third kappa shape index (κ3) is 3.04. The van der Waals surface area contributed by atoms with Crippen LogP contribution in [0.1, 0.15) is 44.3 Å². The lowest BCUT2D eigenvalue weighted by molar-refractivity contribution is -0.148. The van der Waals surface area contributed by atoms with E-state index in [2.05, 4.69) is 38.9 Å². The summed E-state index contributed by atoms with van der Waals surface area (Å²) in [7, 11) is 3.60. The number of aromatic nitrogens is 3. The zero-order valence-corrected chi connectivity index (χ0v) is 14.3. The van der Waals surface area contributed by atoms with Gasteiger partial charge in [0.15, 0.2) is 11.6 Å². The highest BCUT2D eigenvalue weighted by Gasteiger charge is 2.43. The van der Waals surface area contributed by atoms with Crippen molar-refractivity contribution in [3.8, 4) is 0 Å². The van der Waals surface area contributed by atoms with Gasteiger partial charge in [0.2, 0.25) is 0 Å². The molecule has 0 saturated carbocycles. The summed E-state index contributed by atoms with van der Waals surface area (Å²) in [4.78, 5) is 14.5. The van der Waals surface area contributed by atoms with Crippen molar-refractivity contribution >= 4 is 12.0 Å². The molecule has 1 unspecified atom stereocenters. The van der Waals surface area contributed by atoms with E-state index in [0.717, 1.165) is 44.1 Å². The monoisotopic (exact) mass is 318 g/mol. The number of hydrogen-bond donors (Lipinski definition) is 0. The van der Waals surface area contributed by atoms with Gasteiger partial charge >= 0.3 is 5.97 Å². The summed E-state index contributed by atoms with van der Waals surface area (Å²) in [5.41, 5.74) is -0.681. The van der Waals surface area contributed by atoms with Gasteiger partial charge in [0, 0.05) is 6.54 Å². The van der Waals surface area contributed by atoms with Crippen molar-refractivity contribution in [2.75, 3.05) is 27.2 Å². The van der Waals surface area contributed by atoms with Gasteiger partial charge in [0.25, 0.3) is 0 Å². The molecule has 1 fully saturated rings. The number of esters is 1. The highest BCUT2D eigenvalue weighted by molar-refractivity contribution is 5.81. The summed E-state index contributed by atoms with van der Waals surface area (Å²) in [5, 5.41) is 8.62. The summed E-state index contributed by atoms with van der Waals surface area (Å²) >= 11 is 0. The third-order valence-electron chi connectivity index (χ3n) is 5.25. The zero-order valence-electron chi connectivity index (χ0n) is 14.3. The maximum Gasteiger partial charge on any atom is 0.319 e. The van der Waals surface area contributed by atoms with Crippen LogP contribution < -0.4 is 0 Å². The third-order valence-corrected chi connectivity index (χ3v) is 5.25. The number of ether oxygens (including phenoxy) is 1. The van der Waals surface area contributed by atoms with Crippen LogP contribution in [0.15, 0.2) is 6.08 Å². The largest absolute Gasteiger partial charge is 0.468 e. The molecule has 6 nitrogen and oxygen atoms in total. The first kappa shape index (κ1) is 16.2. The number of allylic oxidation sites excluding steroid dienone is 1. The van der Waals surface area contributed by atoms with E-state index in [9.17, 15) is 4.79 Å². The Balaban J connectivity index is 1.80. The van der Waals surface area contributed by atoms with Crippen LogP contribution >= 0.6 is 0 Å². The minimum atomic E-state index is -0.681. The molecule has 3 heterocycles. The number of likely N-dealkylation sites (tertiary alicyclic amines) is 1. The molecule has 0 N–H and O–H groups in total. The number of fused-ring (bicyclic) bond motifs is 1. The molecule has 6 heteroatoms. The van der Waals surface area contributed by atoms with Gasteiger partial charge in [-0.25, -0.2) is 0 Å². The zero-order chi connectivity index (χ0) is 16.4. The molecule has 23 heavy (non-hydrogen) atoms. The first-order chi connectivity index (χ1) is 11.0. The number of nitrogens with zero attached hydrogens (tertiary/aromatic N) is 4. The molecule has 0 aromatic carbocycles. The van der Waals surface area contributed by atoms with Gasteiger partial charge in [-0.05, 0) is 64.7 Å². The highest BCUT2D eigenvalue weighted by Crippen LogP contribution is 2.34. The average Bonchev–Trinajstić information content (AvgIpc) is 2.98. The molecule has 1 atom stereocenters. The average molecular weight is 318 g/mol. The molecule has 0 spiro atoms. The standard InChI is InChI=1S/C17H26N4O2/c1-17(16(22)23-3)9-4-10-21-14(18-19-15(17)21)6-5-13-7-11-20(2)12-8-13/h5-6,13H,4,7-12H2,1-3H3/b6-5+. The topological polar surface area (TPSA) is 60.2 Å². The van der Waals surface area contributed by atoms with Gasteiger partial charge < -0.3 is 14.2 Å². The molecular formula is C17H26N4O2. The van der Waals surface area contributed by atoms with Crippen LogP contribution in [0.2, 0.25) is 0 Å². The van der Waals surface area contributed by atoms with E-state index in [4.69, 9.17) is 4.74 Å². The van der Waals surface area contributed by atoms with Gasteiger partial charge in [-0.15, -0.1) is 10.2 Å². The van der Waals surface area contributed by atoms with Crippen LogP contribution in [0.5, 0.6) is 0 Å². The second-order valence-electron chi connectivity index (χ2n) is 6.96. The molecule has 0 amide bonds. The van der Waals surface area contributed by atoms with Crippen LogP contribution in [0.4, 0.5) is 0 Å². The van der Waals surface area contributed by atoms with Crippen LogP contribution in [-0.4, -0.2) is 52.9 Å². The van der Waals surface area contributed by atoms with Gasteiger partial charge in [-0.1, -0.05) is 6.08 Å². The Labute approximate surface area is 137 Å². The van der Waals surface area contributed by atoms with Crippen molar-refractivity contribution in [2.45, 2.75) is 44.6 Å². The molecule has 3 rings (SSSR count). The second-order valence-corrected chi connectivity index (χ2v) is 6.96. The molecule has 126 valence electrons. The molecule has 2 aliphatic heterocycles. The Morgan fingerprint density at radius 2 is 2.04 bits per heavy atom. The van der Waals surface area contributed by atoms with Gasteiger partial charge in [0.1, 0.15) is 5.41 Å². The number of carbonyl (C=O) groups is 1.